The highest BCUT2D eigenvalue weighted by atomic mass is 16.5. The van der Waals surface area contributed by atoms with Crippen LogP contribution in [0.15, 0.2) is 4.52 Å². The lowest BCUT2D eigenvalue weighted by molar-refractivity contribution is -0.0203. The van der Waals surface area contributed by atoms with Crippen molar-refractivity contribution in [3.8, 4) is 0 Å². The molecule has 1 aromatic rings. The molecule has 0 radical (unpaired) electrons. The molecule has 0 aromatic carbocycles. The summed E-state index contributed by atoms with van der Waals surface area (Å²) in [5.41, 5.74) is 5.97. The minimum absolute atomic E-state index is 0.0840. The molecule has 0 fully saturated rings. The highest BCUT2D eigenvalue weighted by Gasteiger charge is 2.31. The molecular formula is C14H27N3O2. The molecule has 110 valence electrons. The van der Waals surface area contributed by atoms with Crippen LogP contribution in [0.3, 0.4) is 0 Å². The third kappa shape index (κ3) is 4.58. The molecule has 0 aliphatic carbocycles. The first-order valence-corrected chi connectivity index (χ1v) is 6.96. The smallest absolute Gasteiger partial charge is 0.243 e. The minimum atomic E-state index is -0.205. The maximum absolute atomic E-state index is 6.06. The fraction of sp³-hybridized carbons (Fsp3) is 0.857. The van der Waals surface area contributed by atoms with E-state index in [-0.39, 0.29) is 17.6 Å². The van der Waals surface area contributed by atoms with E-state index in [1.807, 2.05) is 6.92 Å². The molecule has 1 unspecified atom stereocenters. The summed E-state index contributed by atoms with van der Waals surface area (Å²) in [6.45, 7) is 13.1. The Morgan fingerprint density at radius 2 is 1.95 bits per heavy atom. The average Bonchev–Trinajstić information content (AvgIpc) is 2.72. The zero-order valence-electron chi connectivity index (χ0n) is 12.9. The molecule has 1 heterocycles. The van der Waals surface area contributed by atoms with Crippen LogP contribution in [0.1, 0.15) is 71.8 Å². The second kappa shape index (κ2) is 6.48. The van der Waals surface area contributed by atoms with Gasteiger partial charge >= 0.3 is 0 Å². The summed E-state index contributed by atoms with van der Waals surface area (Å²) in [6.07, 6.45) is 0.650. The van der Waals surface area contributed by atoms with Crippen molar-refractivity contribution >= 4 is 0 Å². The van der Waals surface area contributed by atoms with Crippen molar-refractivity contribution in [1.82, 2.24) is 10.1 Å². The van der Waals surface area contributed by atoms with Gasteiger partial charge in [0.15, 0.2) is 0 Å². The molecule has 0 aliphatic heterocycles. The molecule has 0 saturated heterocycles. The third-order valence-electron chi connectivity index (χ3n) is 2.85. The summed E-state index contributed by atoms with van der Waals surface area (Å²) in [5.74, 6) is 1.58. The van der Waals surface area contributed by atoms with Gasteiger partial charge in [0.2, 0.25) is 11.7 Å². The van der Waals surface area contributed by atoms with Gasteiger partial charge in [-0.15, -0.1) is 0 Å². The minimum Gasteiger partial charge on any atom is -0.370 e. The lowest BCUT2D eigenvalue weighted by atomic mass is 9.88. The maximum Gasteiger partial charge on any atom is 0.243 e. The number of nitrogens with two attached hydrogens (primary N) is 1. The van der Waals surface area contributed by atoms with Crippen molar-refractivity contribution in [2.75, 3.05) is 6.61 Å². The highest BCUT2D eigenvalue weighted by molar-refractivity contribution is 4.99. The van der Waals surface area contributed by atoms with Crippen LogP contribution in [0.2, 0.25) is 0 Å². The summed E-state index contributed by atoms with van der Waals surface area (Å²) in [7, 11) is 0. The van der Waals surface area contributed by atoms with Gasteiger partial charge in [-0.2, -0.15) is 4.98 Å². The second-order valence-electron chi connectivity index (χ2n) is 6.43. The van der Waals surface area contributed by atoms with Crippen molar-refractivity contribution in [2.45, 2.75) is 60.1 Å². The van der Waals surface area contributed by atoms with Crippen molar-refractivity contribution in [3.05, 3.63) is 11.7 Å². The van der Waals surface area contributed by atoms with Gasteiger partial charge in [-0.25, -0.2) is 0 Å². The van der Waals surface area contributed by atoms with Gasteiger partial charge in [0, 0.05) is 6.61 Å². The number of nitrogens with zero attached hydrogens (tertiary/aromatic N) is 2. The van der Waals surface area contributed by atoms with Crippen molar-refractivity contribution in [3.63, 3.8) is 0 Å². The average molecular weight is 269 g/mol. The van der Waals surface area contributed by atoms with Gasteiger partial charge in [0.25, 0.3) is 0 Å². The van der Waals surface area contributed by atoms with Crippen molar-refractivity contribution in [2.24, 2.45) is 17.1 Å². The monoisotopic (exact) mass is 269 g/mol. The summed E-state index contributed by atoms with van der Waals surface area (Å²) in [6, 6.07) is -0.205. The molecule has 5 nitrogen and oxygen atoms in total. The van der Waals surface area contributed by atoms with Crippen LogP contribution in [0.25, 0.3) is 0 Å². The topological polar surface area (TPSA) is 74.2 Å². The first-order chi connectivity index (χ1) is 8.75. The van der Waals surface area contributed by atoms with E-state index in [4.69, 9.17) is 15.0 Å². The van der Waals surface area contributed by atoms with E-state index in [0.29, 0.717) is 24.2 Å². The molecule has 2 N–H and O–H groups in total. The predicted octanol–water partition coefficient (Wildman–Crippen LogP) is 3.24. The number of rotatable bonds is 6. The molecule has 0 aliphatic rings. The van der Waals surface area contributed by atoms with Gasteiger partial charge < -0.3 is 15.0 Å². The largest absolute Gasteiger partial charge is 0.370 e. The number of aromatic nitrogens is 2. The number of hydrogen-bond acceptors (Lipinski definition) is 5. The van der Waals surface area contributed by atoms with Crippen LogP contribution in [-0.4, -0.2) is 16.7 Å². The van der Waals surface area contributed by atoms with Crippen LogP contribution in [-0.2, 0) is 4.74 Å². The Labute approximate surface area is 115 Å². The molecule has 0 saturated carbocycles. The van der Waals surface area contributed by atoms with Gasteiger partial charge in [-0.1, -0.05) is 39.8 Å². The Morgan fingerprint density at radius 1 is 1.32 bits per heavy atom. The second-order valence-corrected chi connectivity index (χ2v) is 6.43. The SMILES string of the molecule is CCOC(c1noc([C@@H](N)CC(C)C)n1)C(C)(C)C. The normalized spacial score (nSPS) is 15.8. The molecular weight excluding hydrogens is 242 g/mol. The Bertz CT molecular complexity index is 382. The molecule has 1 rings (SSSR count). The zero-order chi connectivity index (χ0) is 14.6. The van der Waals surface area contributed by atoms with Gasteiger partial charge in [-0.3, -0.25) is 0 Å². The lowest BCUT2D eigenvalue weighted by Crippen LogP contribution is -2.23. The number of hydrogen-bond donors (Lipinski definition) is 1. The van der Waals surface area contributed by atoms with Crippen LogP contribution < -0.4 is 5.73 Å². The fourth-order valence-corrected chi connectivity index (χ4v) is 1.99. The van der Waals surface area contributed by atoms with Crippen LogP contribution in [0, 0.1) is 11.3 Å². The van der Waals surface area contributed by atoms with E-state index < -0.39 is 0 Å². The van der Waals surface area contributed by atoms with Crippen molar-refractivity contribution in [1.29, 1.82) is 0 Å². The Balaban J connectivity index is 2.87. The molecule has 0 bridgehead atoms. The van der Waals surface area contributed by atoms with Gasteiger partial charge in [-0.05, 0) is 24.7 Å². The Kier molecular flexibility index (Phi) is 5.50. The summed E-state index contributed by atoms with van der Waals surface area (Å²) in [4.78, 5) is 4.42. The third-order valence-corrected chi connectivity index (χ3v) is 2.85. The molecule has 2 atom stereocenters. The highest BCUT2D eigenvalue weighted by Crippen LogP contribution is 2.34. The standard InChI is InChI=1S/C14H27N3O2/c1-7-18-11(14(4,5)6)12-16-13(19-17-12)10(15)8-9(2)3/h9-11H,7-8,15H2,1-6H3/t10-,11?/m0/s1. The van der Waals surface area contributed by atoms with E-state index in [2.05, 4.69) is 44.8 Å². The molecule has 19 heavy (non-hydrogen) atoms. The summed E-state index contributed by atoms with van der Waals surface area (Å²) >= 11 is 0. The van der Waals surface area contributed by atoms with Crippen LogP contribution >= 0.6 is 0 Å². The molecule has 0 amide bonds. The first-order valence-electron chi connectivity index (χ1n) is 6.96. The van der Waals surface area contributed by atoms with E-state index in [0.717, 1.165) is 6.42 Å². The number of ether oxygens (including phenoxy) is 1. The predicted molar refractivity (Wildman–Crippen MR) is 74.5 cm³/mol. The molecule has 1 aromatic heterocycles. The van der Waals surface area contributed by atoms with Crippen molar-refractivity contribution < 1.29 is 9.26 Å². The van der Waals surface area contributed by atoms with E-state index >= 15 is 0 Å². The van der Waals surface area contributed by atoms with Gasteiger partial charge in [0.05, 0.1) is 6.04 Å². The molecule has 5 heteroatoms. The summed E-state index contributed by atoms with van der Waals surface area (Å²) in [5, 5.41) is 4.04. The van der Waals surface area contributed by atoms with E-state index in [9.17, 15) is 0 Å². The fourth-order valence-electron chi connectivity index (χ4n) is 1.99. The lowest BCUT2D eigenvalue weighted by Gasteiger charge is -2.27. The molecule has 0 spiro atoms. The first kappa shape index (κ1) is 16.1. The zero-order valence-corrected chi connectivity index (χ0v) is 12.9. The Hall–Kier alpha value is -0.940. The van der Waals surface area contributed by atoms with E-state index in [1.165, 1.54) is 0 Å². The van der Waals surface area contributed by atoms with E-state index in [1.54, 1.807) is 0 Å². The van der Waals surface area contributed by atoms with Crippen LogP contribution in [0.4, 0.5) is 0 Å². The van der Waals surface area contributed by atoms with Crippen LogP contribution in [0.5, 0.6) is 0 Å². The quantitative estimate of drug-likeness (QED) is 0.858. The Morgan fingerprint density at radius 3 is 2.42 bits per heavy atom. The van der Waals surface area contributed by atoms with Gasteiger partial charge in [0.1, 0.15) is 6.10 Å². The summed E-state index contributed by atoms with van der Waals surface area (Å²) < 4.78 is 11.0. The maximum atomic E-state index is 6.06.